The molecule has 0 heterocycles. The second kappa shape index (κ2) is 8.28. The minimum atomic E-state index is 0.0920. The number of hydrogen-bond donors (Lipinski definition) is 1. The topological polar surface area (TPSA) is 30.5 Å². The maximum absolute atomic E-state index is 6.21. The Kier molecular flexibility index (Phi) is 7.03. The monoisotopic (exact) mass is 293 g/mol. The van der Waals surface area contributed by atoms with E-state index in [2.05, 4.69) is 46.9 Å². The van der Waals surface area contributed by atoms with Crippen molar-refractivity contribution < 1.29 is 9.47 Å². The molecule has 0 spiro atoms. The van der Waals surface area contributed by atoms with E-state index in [1.54, 1.807) is 0 Å². The first-order chi connectivity index (χ1) is 9.83. The summed E-state index contributed by atoms with van der Waals surface area (Å²) in [4.78, 5) is 0. The lowest BCUT2D eigenvalue weighted by atomic mass is 10.0. The maximum atomic E-state index is 6.21. The quantitative estimate of drug-likeness (QED) is 0.776. The van der Waals surface area contributed by atoms with Crippen LogP contribution in [0.4, 0.5) is 0 Å². The first kappa shape index (κ1) is 17.8. The highest BCUT2D eigenvalue weighted by Gasteiger charge is 2.20. The molecular weight excluding hydrogens is 262 g/mol. The van der Waals surface area contributed by atoms with Crippen LogP contribution in [0.3, 0.4) is 0 Å². The largest absolute Gasteiger partial charge is 0.490 e. The molecule has 0 aliphatic heterocycles. The Morgan fingerprint density at radius 1 is 1.10 bits per heavy atom. The minimum Gasteiger partial charge on any atom is -0.490 e. The van der Waals surface area contributed by atoms with Gasteiger partial charge in [-0.25, -0.2) is 0 Å². The summed E-state index contributed by atoms with van der Waals surface area (Å²) in [6.45, 7) is 14.5. The molecule has 1 atom stereocenters. The third kappa shape index (κ3) is 6.85. The van der Waals surface area contributed by atoms with Gasteiger partial charge in [0.2, 0.25) is 0 Å². The molecule has 21 heavy (non-hydrogen) atoms. The van der Waals surface area contributed by atoms with Crippen LogP contribution in [-0.4, -0.2) is 24.8 Å². The summed E-state index contributed by atoms with van der Waals surface area (Å²) in [5.41, 5.74) is 0.0920. The fraction of sp³-hybridized carbons (Fsp3) is 0.667. The molecular formula is C18H31NO2. The third-order valence-corrected chi connectivity index (χ3v) is 3.17. The van der Waals surface area contributed by atoms with Gasteiger partial charge in [0.1, 0.15) is 6.10 Å². The Balaban J connectivity index is 2.74. The van der Waals surface area contributed by atoms with Gasteiger partial charge in [0, 0.05) is 12.1 Å². The summed E-state index contributed by atoms with van der Waals surface area (Å²) in [5, 5.41) is 3.52. The van der Waals surface area contributed by atoms with Gasteiger partial charge in [0.15, 0.2) is 11.5 Å². The van der Waals surface area contributed by atoms with Crippen LogP contribution in [0, 0.1) is 5.92 Å². The van der Waals surface area contributed by atoms with Gasteiger partial charge in [-0.2, -0.15) is 0 Å². The Labute approximate surface area is 130 Å². The number of hydrogen-bond acceptors (Lipinski definition) is 3. The zero-order chi connectivity index (χ0) is 15.9. The van der Waals surface area contributed by atoms with Crippen molar-refractivity contribution in [1.29, 1.82) is 0 Å². The first-order valence-corrected chi connectivity index (χ1v) is 7.97. The molecule has 0 saturated carbocycles. The average Bonchev–Trinajstić information content (AvgIpc) is 2.40. The molecule has 0 aliphatic rings. The van der Waals surface area contributed by atoms with Crippen LogP contribution in [0.2, 0.25) is 0 Å². The predicted octanol–water partition coefficient (Wildman–Crippen LogP) is 4.27. The number of benzene rings is 1. The Hall–Kier alpha value is -1.22. The molecule has 1 unspecified atom stereocenters. The number of nitrogens with one attached hydrogen (secondary N) is 1. The van der Waals surface area contributed by atoms with Gasteiger partial charge < -0.3 is 14.8 Å². The van der Waals surface area contributed by atoms with Gasteiger partial charge in [0.25, 0.3) is 0 Å². The normalized spacial score (nSPS) is 13.3. The standard InChI is InChI=1S/C18H31NO2/c1-7-12-20-15-10-8-9-11-16(15)21-17(14(2)3)13-19-18(4,5)6/h8-11,14,17,19H,7,12-13H2,1-6H3. The van der Waals surface area contributed by atoms with Crippen molar-refractivity contribution in [3.8, 4) is 11.5 Å². The molecule has 0 bridgehead atoms. The van der Waals surface area contributed by atoms with E-state index < -0.39 is 0 Å². The van der Waals surface area contributed by atoms with Crippen LogP contribution >= 0.6 is 0 Å². The lowest BCUT2D eigenvalue weighted by Crippen LogP contribution is -2.44. The van der Waals surface area contributed by atoms with E-state index in [9.17, 15) is 0 Å². The van der Waals surface area contributed by atoms with E-state index in [0.29, 0.717) is 12.5 Å². The average molecular weight is 293 g/mol. The molecule has 0 aromatic heterocycles. The molecule has 120 valence electrons. The predicted molar refractivity (Wildman–Crippen MR) is 89.2 cm³/mol. The second-order valence-corrected chi connectivity index (χ2v) is 6.83. The molecule has 1 aromatic rings. The van der Waals surface area contributed by atoms with Crippen LogP contribution in [0.1, 0.15) is 48.0 Å². The maximum Gasteiger partial charge on any atom is 0.161 e. The fourth-order valence-electron chi connectivity index (χ4n) is 1.86. The fourth-order valence-corrected chi connectivity index (χ4v) is 1.86. The lowest BCUT2D eigenvalue weighted by Gasteiger charge is -2.28. The van der Waals surface area contributed by atoms with E-state index in [1.807, 2.05) is 24.3 Å². The second-order valence-electron chi connectivity index (χ2n) is 6.83. The number of ether oxygens (including phenoxy) is 2. The smallest absolute Gasteiger partial charge is 0.161 e. The summed E-state index contributed by atoms with van der Waals surface area (Å²) < 4.78 is 12.0. The minimum absolute atomic E-state index is 0.0920. The van der Waals surface area contributed by atoms with Gasteiger partial charge in [0.05, 0.1) is 6.61 Å². The molecule has 0 amide bonds. The molecule has 1 rings (SSSR count). The highest BCUT2D eigenvalue weighted by Crippen LogP contribution is 2.28. The number of para-hydroxylation sites is 2. The molecule has 1 N–H and O–H groups in total. The van der Waals surface area contributed by atoms with E-state index in [1.165, 1.54) is 0 Å². The van der Waals surface area contributed by atoms with E-state index in [0.717, 1.165) is 24.5 Å². The molecule has 1 aromatic carbocycles. The Bertz CT molecular complexity index is 410. The van der Waals surface area contributed by atoms with Crippen LogP contribution in [0.15, 0.2) is 24.3 Å². The van der Waals surface area contributed by atoms with Gasteiger partial charge in [-0.3, -0.25) is 0 Å². The SMILES string of the molecule is CCCOc1ccccc1OC(CNC(C)(C)C)C(C)C. The Morgan fingerprint density at radius 3 is 2.24 bits per heavy atom. The van der Waals surface area contributed by atoms with Crippen molar-refractivity contribution in [2.24, 2.45) is 5.92 Å². The van der Waals surface area contributed by atoms with Crippen LogP contribution in [0.5, 0.6) is 11.5 Å². The zero-order valence-electron chi connectivity index (χ0n) is 14.4. The highest BCUT2D eigenvalue weighted by molar-refractivity contribution is 5.39. The van der Waals surface area contributed by atoms with Crippen molar-refractivity contribution >= 4 is 0 Å². The van der Waals surface area contributed by atoms with Crippen LogP contribution < -0.4 is 14.8 Å². The lowest BCUT2D eigenvalue weighted by molar-refractivity contribution is 0.133. The molecule has 0 saturated heterocycles. The summed E-state index contributed by atoms with van der Waals surface area (Å²) in [7, 11) is 0. The van der Waals surface area contributed by atoms with E-state index >= 15 is 0 Å². The molecule has 0 aliphatic carbocycles. The van der Waals surface area contributed by atoms with Crippen molar-refractivity contribution in [3.63, 3.8) is 0 Å². The highest BCUT2D eigenvalue weighted by atomic mass is 16.5. The van der Waals surface area contributed by atoms with Crippen LogP contribution in [-0.2, 0) is 0 Å². The summed E-state index contributed by atoms with van der Waals surface area (Å²) >= 11 is 0. The van der Waals surface area contributed by atoms with Crippen molar-refractivity contribution in [2.45, 2.75) is 59.6 Å². The van der Waals surface area contributed by atoms with Crippen LogP contribution in [0.25, 0.3) is 0 Å². The molecule has 0 radical (unpaired) electrons. The summed E-state index contributed by atoms with van der Waals surface area (Å²) in [5.74, 6) is 2.10. The van der Waals surface area contributed by atoms with Gasteiger partial charge in [-0.1, -0.05) is 32.9 Å². The molecule has 3 nitrogen and oxygen atoms in total. The van der Waals surface area contributed by atoms with E-state index in [-0.39, 0.29) is 11.6 Å². The number of rotatable bonds is 8. The third-order valence-electron chi connectivity index (χ3n) is 3.17. The van der Waals surface area contributed by atoms with Gasteiger partial charge in [-0.05, 0) is 45.2 Å². The summed E-state index contributed by atoms with van der Waals surface area (Å²) in [6, 6.07) is 7.93. The Morgan fingerprint density at radius 2 is 1.71 bits per heavy atom. The summed E-state index contributed by atoms with van der Waals surface area (Å²) in [6.07, 6.45) is 1.11. The van der Waals surface area contributed by atoms with Crippen molar-refractivity contribution in [1.82, 2.24) is 5.32 Å². The first-order valence-electron chi connectivity index (χ1n) is 7.97. The van der Waals surface area contributed by atoms with Crippen molar-refractivity contribution in [2.75, 3.05) is 13.2 Å². The van der Waals surface area contributed by atoms with Gasteiger partial charge in [-0.15, -0.1) is 0 Å². The molecule has 0 fully saturated rings. The van der Waals surface area contributed by atoms with E-state index in [4.69, 9.17) is 9.47 Å². The molecule has 3 heteroatoms. The zero-order valence-corrected chi connectivity index (χ0v) is 14.4. The van der Waals surface area contributed by atoms with Gasteiger partial charge >= 0.3 is 0 Å². The van der Waals surface area contributed by atoms with Crippen molar-refractivity contribution in [3.05, 3.63) is 24.3 Å².